The van der Waals surface area contributed by atoms with E-state index in [1.807, 2.05) is 0 Å². The predicted octanol–water partition coefficient (Wildman–Crippen LogP) is 2.24. The summed E-state index contributed by atoms with van der Waals surface area (Å²) in [6, 6.07) is 2.07. The normalized spacial score (nSPS) is 11.3. The summed E-state index contributed by atoms with van der Waals surface area (Å²) >= 11 is 0. The van der Waals surface area contributed by atoms with Crippen LogP contribution in [-0.2, 0) is 13.8 Å². The van der Waals surface area contributed by atoms with Crippen LogP contribution < -0.4 is 0 Å². The lowest BCUT2D eigenvalue weighted by Gasteiger charge is -2.07. The van der Waals surface area contributed by atoms with Gasteiger partial charge in [-0.2, -0.15) is 0 Å². The van der Waals surface area contributed by atoms with Gasteiger partial charge in [-0.15, -0.1) is 0 Å². The fourth-order valence-corrected chi connectivity index (χ4v) is 2.23. The van der Waals surface area contributed by atoms with Gasteiger partial charge >= 0.3 is 5.97 Å². The summed E-state index contributed by atoms with van der Waals surface area (Å²) in [5.74, 6) is -1.69. The minimum absolute atomic E-state index is 0.00905. The lowest BCUT2D eigenvalue weighted by molar-refractivity contribution is 0.0526. The highest BCUT2D eigenvalue weighted by atomic mass is 35.7. The molecule has 4 nitrogen and oxygen atoms in total. The molecule has 0 aliphatic rings. The molecule has 0 radical (unpaired) electrons. The number of halogens is 2. The zero-order valence-corrected chi connectivity index (χ0v) is 10.7. The second kappa shape index (κ2) is 5.01. The molecule has 1 aromatic rings. The molecule has 0 saturated carbocycles. The van der Waals surface area contributed by atoms with Crippen LogP contribution in [0.1, 0.15) is 22.8 Å². The highest BCUT2D eigenvalue weighted by molar-refractivity contribution is 8.13. The van der Waals surface area contributed by atoms with Crippen molar-refractivity contribution in [1.82, 2.24) is 0 Å². The van der Waals surface area contributed by atoms with E-state index < -0.39 is 25.7 Å². The van der Waals surface area contributed by atoms with Crippen LogP contribution in [0.3, 0.4) is 0 Å². The molecular weight excluding hydrogens is 271 g/mol. The minimum atomic E-state index is -4.24. The van der Waals surface area contributed by atoms with Gasteiger partial charge in [-0.05, 0) is 31.5 Å². The molecule has 0 fully saturated rings. The molecule has 7 heteroatoms. The summed E-state index contributed by atoms with van der Waals surface area (Å²) in [6.45, 7) is 3.08. The number of rotatable bonds is 3. The average Bonchev–Trinajstić information content (AvgIpc) is 2.20. The average molecular weight is 281 g/mol. The number of aryl methyl sites for hydroxylation is 1. The lowest BCUT2D eigenvalue weighted by atomic mass is 10.1. The molecule has 0 N–H and O–H groups in total. The largest absolute Gasteiger partial charge is 0.462 e. The van der Waals surface area contributed by atoms with Crippen LogP contribution in [0, 0.1) is 12.7 Å². The smallest absolute Gasteiger partial charge is 0.338 e. The molecule has 1 rings (SSSR count). The number of carbonyl (C=O) groups is 1. The molecule has 0 bridgehead atoms. The Morgan fingerprint density at radius 2 is 2.06 bits per heavy atom. The van der Waals surface area contributed by atoms with E-state index in [4.69, 9.17) is 15.4 Å². The first kappa shape index (κ1) is 13.9. The van der Waals surface area contributed by atoms with Crippen LogP contribution in [-0.4, -0.2) is 21.0 Å². The Morgan fingerprint density at radius 3 is 2.53 bits per heavy atom. The van der Waals surface area contributed by atoms with Gasteiger partial charge in [0.1, 0.15) is 10.7 Å². The van der Waals surface area contributed by atoms with E-state index in [0.29, 0.717) is 0 Å². The van der Waals surface area contributed by atoms with Gasteiger partial charge in [0, 0.05) is 10.7 Å². The molecule has 0 atom stereocenters. The molecule has 0 amide bonds. The number of carbonyl (C=O) groups excluding carboxylic acids is 1. The first-order valence-electron chi connectivity index (χ1n) is 4.69. The third-order valence-electron chi connectivity index (χ3n) is 1.99. The molecule has 94 valence electrons. The number of hydrogen-bond donors (Lipinski definition) is 0. The van der Waals surface area contributed by atoms with Crippen LogP contribution in [0.4, 0.5) is 4.39 Å². The summed E-state index contributed by atoms with van der Waals surface area (Å²) in [6.07, 6.45) is 0. The van der Waals surface area contributed by atoms with E-state index in [1.54, 1.807) is 6.92 Å². The van der Waals surface area contributed by atoms with E-state index in [2.05, 4.69) is 0 Å². The van der Waals surface area contributed by atoms with Crippen molar-refractivity contribution in [3.05, 3.63) is 29.1 Å². The summed E-state index contributed by atoms with van der Waals surface area (Å²) in [7, 11) is 0.832. The second-order valence-electron chi connectivity index (χ2n) is 3.26. The highest BCUT2D eigenvalue weighted by Crippen LogP contribution is 2.23. The number of hydrogen-bond acceptors (Lipinski definition) is 4. The SMILES string of the molecule is CCOC(=O)c1cc(C)c(F)c(S(=O)(=O)Cl)c1. The highest BCUT2D eigenvalue weighted by Gasteiger charge is 2.21. The van der Waals surface area contributed by atoms with Crippen molar-refractivity contribution in [2.45, 2.75) is 18.7 Å². The van der Waals surface area contributed by atoms with E-state index in [1.165, 1.54) is 13.0 Å². The van der Waals surface area contributed by atoms with Crippen molar-refractivity contribution < 1.29 is 22.3 Å². The van der Waals surface area contributed by atoms with E-state index in [0.717, 1.165) is 6.07 Å². The van der Waals surface area contributed by atoms with Crippen LogP contribution in [0.25, 0.3) is 0 Å². The Hall–Kier alpha value is -1.14. The monoisotopic (exact) mass is 280 g/mol. The van der Waals surface area contributed by atoms with Gasteiger partial charge in [0.25, 0.3) is 9.05 Å². The van der Waals surface area contributed by atoms with Gasteiger partial charge < -0.3 is 4.74 Å². The molecule has 0 unspecified atom stereocenters. The van der Waals surface area contributed by atoms with Crippen LogP contribution in [0.15, 0.2) is 17.0 Å². The second-order valence-corrected chi connectivity index (χ2v) is 5.80. The Kier molecular flexibility index (Phi) is 4.11. The molecular formula is C10H10ClFO4S. The Bertz CT molecular complexity index is 554. The summed E-state index contributed by atoms with van der Waals surface area (Å²) in [4.78, 5) is 10.7. The van der Waals surface area contributed by atoms with Gasteiger partial charge in [0.15, 0.2) is 0 Å². The predicted molar refractivity (Wildman–Crippen MR) is 60.1 cm³/mol. The molecule has 1 aromatic carbocycles. The standard InChI is InChI=1S/C10H10ClFO4S/c1-3-16-10(13)7-4-6(2)9(12)8(5-7)17(11,14)15/h4-5H,3H2,1-2H3. The molecule has 0 aliphatic heterocycles. The van der Waals surface area contributed by atoms with Crippen LogP contribution in [0.5, 0.6) is 0 Å². The summed E-state index contributed by atoms with van der Waals surface area (Å²) < 4.78 is 40.4. The maximum Gasteiger partial charge on any atom is 0.338 e. The first-order chi connectivity index (χ1) is 7.77. The molecule has 0 aromatic heterocycles. The number of esters is 1. The maximum atomic E-state index is 13.5. The third-order valence-corrected chi connectivity index (χ3v) is 3.32. The van der Waals surface area contributed by atoms with Crippen LogP contribution in [0.2, 0.25) is 0 Å². The van der Waals surface area contributed by atoms with Gasteiger partial charge in [0.2, 0.25) is 0 Å². The maximum absolute atomic E-state index is 13.5. The minimum Gasteiger partial charge on any atom is -0.462 e. The van der Waals surface area contributed by atoms with E-state index in [9.17, 15) is 17.6 Å². The molecule has 0 saturated heterocycles. The molecule has 0 aliphatic carbocycles. The Balaban J connectivity index is 3.39. The van der Waals surface area contributed by atoms with Crippen LogP contribution >= 0.6 is 10.7 Å². The zero-order chi connectivity index (χ0) is 13.2. The molecule has 17 heavy (non-hydrogen) atoms. The number of benzene rings is 1. The topological polar surface area (TPSA) is 60.4 Å². The summed E-state index contributed by atoms with van der Waals surface area (Å²) in [5, 5.41) is 0. The van der Waals surface area contributed by atoms with Crippen molar-refractivity contribution in [3.63, 3.8) is 0 Å². The molecule has 0 heterocycles. The Labute approximate surface area is 103 Å². The third kappa shape index (κ3) is 3.17. The quantitative estimate of drug-likeness (QED) is 0.629. The van der Waals surface area contributed by atoms with Gasteiger partial charge in [-0.3, -0.25) is 0 Å². The van der Waals surface area contributed by atoms with E-state index >= 15 is 0 Å². The van der Waals surface area contributed by atoms with Gasteiger partial charge in [-0.25, -0.2) is 17.6 Å². The Morgan fingerprint density at radius 1 is 1.47 bits per heavy atom. The van der Waals surface area contributed by atoms with E-state index in [-0.39, 0.29) is 17.7 Å². The van der Waals surface area contributed by atoms with Crippen molar-refractivity contribution >= 4 is 25.7 Å². The van der Waals surface area contributed by atoms with Gasteiger partial charge in [0.05, 0.1) is 12.2 Å². The summed E-state index contributed by atoms with van der Waals surface area (Å²) in [5.41, 5.74) is -0.0419. The van der Waals surface area contributed by atoms with Gasteiger partial charge in [-0.1, -0.05) is 0 Å². The number of ether oxygens (including phenoxy) is 1. The zero-order valence-electron chi connectivity index (χ0n) is 9.16. The van der Waals surface area contributed by atoms with Crippen molar-refractivity contribution in [2.75, 3.05) is 6.61 Å². The first-order valence-corrected chi connectivity index (χ1v) is 7.00. The van der Waals surface area contributed by atoms with Crippen molar-refractivity contribution in [3.8, 4) is 0 Å². The fraction of sp³-hybridized carbons (Fsp3) is 0.300. The van der Waals surface area contributed by atoms with Crippen molar-refractivity contribution in [2.24, 2.45) is 0 Å². The lowest BCUT2D eigenvalue weighted by Crippen LogP contribution is -2.08. The molecule has 0 spiro atoms. The van der Waals surface area contributed by atoms with Crippen molar-refractivity contribution in [1.29, 1.82) is 0 Å². The fourth-order valence-electron chi connectivity index (χ4n) is 1.25.